The van der Waals surface area contributed by atoms with Crippen LogP contribution in [0.3, 0.4) is 0 Å². The first-order valence-electron chi connectivity index (χ1n) is 8.33. The van der Waals surface area contributed by atoms with Gasteiger partial charge in [0.25, 0.3) is 0 Å². The molecule has 2 aliphatic rings. The molecule has 0 unspecified atom stereocenters. The van der Waals surface area contributed by atoms with E-state index in [9.17, 15) is 4.79 Å². The van der Waals surface area contributed by atoms with Gasteiger partial charge in [-0.2, -0.15) is 11.8 Å². The molecular formula is C16H31N3OS. The number of hydrogen-bond donors (Lipinski definition) is 1. The molecule has 1 amide bonds. The Hall–Kier alpha value is -0.260. The van der Waals surface area contributed by atoms with Crippen LogP contribution in [0.25, 0.3) is 0 Å². The third-order valence-corrected chi connectivity index (χ3v) is 5.88. The van der Waals surface area contributed by atoms with Crippen LogP contribution < -0.4 is 5.73 Å². The van der Waals surface area contributed by atoms with E-state index in [-0.39, 0.29) is 11.9 Å². The van der Waals surface area contributed by atoms with Gasteiger partial charge in [-0.3, -0.25) is 4.79 Å². The summed E-state index contributed by atoms with van der Waals surface area (Å²) in [6.07, 6.45) is 7.88. The Morgan fingerprint density at radius 2 is 1.67 bits per heavy atom. The lowest BCUT2D eigenvalue weighted by molar-refractivity contribution is -0.134. The molecule has 0 aromatic rings. The highest BCUT2D eigenvalue weighted by Gasteiger charge is 2.31. The molecule has 0 radical (unpaired) electrons. The molecule has 122 valence electrons. The number of hydrogen-bond acceptors (Lipinski definition) is 4. The van der Waals surface area contributed by atoms with Crippen LogP contribution in [0.4, 0.5) is 0 Å². The summed E-state index contributed by atoms with van der Waals surface area (Å²) in [5.41, 5.74) is 6.02. The number of rotatable bonds is 5. The number of carbonyl (C=O) groups excluding carboxylic acids is 1. The number of nitrogens with zero attached hydrogens (tertiary/aromatic N) is 2. The third-order valence-electron chi connectivity index (χ3n) is 5.23. The molecule has 0 aromatic carbocycles. The first kappa shape index (κ1) is 17.1. The molecule has 2 fully saturated rings. The zero-order valence-electron chi connectivity index (χ0n) is 13.6. The quantitative estimate of drug-likeness (QED) is 0.838. The van der Waals surface area contributed by atoms with Crippen molar-refractivity contribution in [2.75, 3.05) is 45.2 Å². The Balaban J connectivity index is 1.73. The number of amides is 1. The Morgan fingerprint density at radius 1 is 1.14 bits per heavy atom. The largest absolute Gasteiger partial charge is 0.341 e. The Morgan fingerprint density at radius 3 is 2.19 bits per heavy atom. The molecule has 5 heteroatoms. The van der Waals surface area contributed by atoms with Crippen molar-refractivity contribution >= 4 is 17.7 Å². The van der Waals surface area contributed by atoms with Crippen molar-refractivity contribution in [3.05, 3.63) is 0 Å². The first-order valence-corrected chi connectivity index (χ1v) is 9.73. The van der Waals surface area contributed by atoms with Crippen LogP contribution in [0.15, 0.2) is 0 Å². The number of carbonyl (C=O) groups is 1. The lowest BCUT2D eigenvalue weighted by atomic mass is 9.79. The molecule has 2 saturated heterocycles. The minimum absolute atomic E-state index is 0.172. The second-order valence-electron chi connectivity index (χ2n) is 6.69. The van der Waals surface area contributed by atoms with Crippen LogP contribution in [0.5, 0.6) is 0 Å². The molecule has 2 heterocycles. The van der Waals surface area contributed by atoms with E-state index in [1.54, 1.807) is 11.8 Å². The molecule has 21 heavy (non-hydrogen) atoms. The molecule has 0 bridgehead atoms. The van der Waals surface area contributed by atoms with Gasteiger partial charge >= 0.3 is 0 Å². The van der Waals surface area contributed by atoms with E-state index in [2.05, 4.69) is 18.2 Å². The number of likely N-dealkylation sites (tertiary alicyclic amines) is 2. The molecule has 0 saturated carbocycles. The van der Waals surface area contributed by atoms with Gasteiger partial charge in [0.1, 0.15) is 0 Å². The van der Waals surface area contributed by atoms with Gasteiger partial charge in [-0.15, -0.1) is 0 Å². The van der Waals surface area contributed by atoms with E-state index in [0.29, 0.717) is 0 Å². The van der Waals surface area contributed by atoms with E-state index in [1.165, 1.54) is 38.8 Å². The van der Waals surface area contributed by atoms with Gasteiger partial charge in [-0.05, 0) is 76.1 Å². The molecule has 2 N–H and O–H groups in total. The third kappa shape index (κ3) is 4.86. The molecule has 2 aliphatic heterocycles. The van der Waals surface area contributed by atoms with E-state index in [4.69, 9.17) is 5.73 Å². The second-order valence-corrected chi connectivity index (χ2v) is 7.68. The fourth-order valence-corrected chi connectivity index (χ4v) is 4.18. The maximum Gasteiger partial charge on any atom is 0.239 e. The molecule has 0 spiro atoms. The van der Waals surface area contributed by atoms with Crippen molar-refractivity contribution < 1.29 is 4.79 Å². The van der Waals surface area contributed by atoms with Crippen molar-refractivity contribution in [1.82, 2.24) is 9.80 Å². The lowest BCUT2D eigenvalue weighted by Crippen LogP contribution is -2.48. The average molecular weight is 314 g/mol. The zero-order chi connectivity index (χ0) is 15.2. The van der Waals surface area contributed by atoms with E-state index < -0.39 is 0 Å². The molecule has 2 rings (SSSR count). The number of thioether (sulfide) groups is 1. The second kappa shape index (κ2) is 8.39. The molecule has 1 atom stereocenters. The lowest BCUT2D eigenvalue weighted by Gasteiger charge is -2.40. The normalized spacial score (nSPS) is 24.2. The fourth-order valence-electron chi connectivity index (χ4n) is 3.69. The van der Waals surface area contributed by atoms with Crippen LogP contribution in [0.2, 0.25) is 0 Å². The Kier molecular flexibility index (Phi) is 6.83. The maximum atomic E-state index is 12.3. The molecular weight excluding hydrogens is 282 g/mol. The summed E-state index contributed by atoms with van der Waals surface area (Å²) in [4.78, 5) is 16.8. The highest BCUT2D eigenvalue weighted by molar-refractivity contribution is 7.98. The summed E-state index contributed by atoms with van der Waals surface area (Å²) >= 11 is 1.76. The van der Waals surface area contributed by atoms with Crippen molar-refractivity contribution in [1.29, 1.82) is 0 Å². The average Bonchev–Trinajstić information content (AvgIpc) is 2.53. The molecule has 0 aromatic heterocycles. The topological polar surface area (TPSA) is 49.6 Å². The molecule has 0 aliphatic carbocycles. The smallest absolute Gasteiger partial charge is 0.239 e. The van der Waals surface area contributed by atoms with Crippen LogP contribution in [-0.4, -0.2) is 67.0 Å². The van der Waals surface area contributed by atoms with Crippen LogP contribution in [-0.2, 0) is 4.79 Å². The minimum atomic E-state index is -0.294. The van der Waals surface area contributed by atoms with Crippen LogP contribution in [0, 0.1) is 11.8 Å². The summed E-state index contributed by atoms with van der Waals surface area (Å²) < 4.78 is 0. The van der Waals surface area contributed by atoms with Gasteiger partial charge in [0.15, 0.2) is 0 Å². The van der Waals surface area contributed by atoms with Gasteiger partial charge in [0, 0.05) is 13.1 Å². The molecule has 4 nitrogen and oxygen atoms in total. The zero-order valence-corrected chi connectivity index (χ0v) is 14.4. The Bertz CT molecular complexity index is 323. The Labute approximate surface area is 133 Å². The van der Waals surface area contributed by atoms with Gasteiger partial charge in [-0.25, -0.2) is 0 Å². The van der Waals surface area contributed by atoms with Crippen molar-refractivity contribution in [3.8, 4) is 0 Å². The van der Waals surface area contributed by atoms with Gasteiger partial charge in [-0.1, -0.05) is 0 Å². The summed E-state index contributed by atoms with van der Waals surface area (Å²) in [7, 11) is 2.22. The highest BCUT2D eigenvalue weighted by Crippen LogP contribution is 2.32. The first-order chi connectivity index (χ1) is 10.1. The predicted molar refractivity (Wildman–Crippen MR) is 90.5 cm³/mol. The van der Waals surface area contributed by atoms with Gasteiger partial charge < -0.3 is 15.5 Å². The van der Waals surface area contributed by atoms with Gasteiger partial charge in [0.05, 0.1) is 6.04 Å². The standard InChI is InChI=1S/C16H31N3OS/c1-18-8-3-13(4-9-18)14-5-10-19(11-6-14)16(20)15(17)7-12-21-2/h13-15H,3-12,17H2,1-2H3/t15-/m0/s1. The summed E-state index contributed by atoms with van der Waals surface area (Å²) in [5.74, 6) is 2.85. The van der Waals surface area contributed by atoms with Gasteiger partial charge in [0.2, 0.25) is 5.91 Å². The fraction of sp³-hybridized carbons (Fsp3) is 0.938. The summed E-state index contributed by atoms with van der Waals surface area (Å²) in [6.45, 7) is 4.32. The monoisotopic (exact) mass is 313 g/mol. The van der Waals surface area contributed by atoms with Crippen molar-refractivity contribution in [2.45, 2.75) is 38.1 Å². The van der Waals surface area contributed by atoms with Crippen molar-refractivity contribution in [3.63, 3.8) is 0 Å². The maximum absolute atomic E-state index is 12.3. The van der Waals surface area contributed by atoms with E-state index >= 15 is 0 Å². The summed E-state index contributed by atoms with van der Waals surface area (Å²) in [6, 6.07) is -0.294. The number of nitrogens with two attached hydrogens (primary N) is 1. The van der Waals surface area contributed by atoms with Crippen LogP contribution in [0.1, 0.15) is 32.1 Å². The van der Waals surface area contributed by atoms with Crippen LogP contribution >= 0.6 is 11.8 Å². The van der Waals surface area contributed by atoms with E-state index in [0.717, 1.165) is 37.1 Å². The van der Waals surface area contributed by atoms with Crippen molar-refractivity contribution in [2.24, 2.45) is 17.6 Å². The SMILES string of the molecule is CSCC[C@H](N)C(=O)N1CCC(C2CCN(C)CC2)CC1. The highest BCUT2D eigenvalue weighted by atomic mass is 32.2. The summed E-state index contributed by atoms with van der Waals surface area (Å²) in [5, 5.41) is 0. The van der Waals surface area contributed by atoms with E-state index in [1.807, 2.05) is 4.90 Å². The number of piperidine rings is 2. The minimum Gasteiger partial charge on any atom is -0.341 e. The predicted octanol–water partition coefficient (Wildman–Crippen LogP) is 1.65.